The number of rotatable bonds is 8. The fourth-order valence-electron chi connectivity index (χ4n) is 2.27. The van der Waals surface area contributed by atoms with Crippen LogP contribution in [-0.4, -0.2) is 51.0 Å². The number of nitrogens with zero attached hydrogens (tertiary/aromatic N) is 1. The molecule has 1 fully saturated rings. The topological polar surface area (TPSA) is 75.4 Å². The Kier molecular flexibility index (Phi) is 6.35. The number of nitrogens with two attached hydrogens (primary N) is 1. The molecule has 1 aliphatic rings. The van der Waals surface area contributed by atoms with Crippen molar-refractivity contribution in [2.45, 2.75) is 17.7 Å². The molecule has 0 bridgehead atoms. The number of likely N-dealkylation sites (tertiary alicyclic amines) is 1. The Morgan fingerprint density at radius 3 is 2.52 bits per heavy atom. The Balaban J connectivity index is 1.64. The lowest BCUT2D eigenvalue weighted by atomic mass is 10.3. The maximum atomic E-state index is 11.9. The van der Waals surface area contributed by atoms with Crippen LogP contribution in [0.4, 0.5) is 5.69 Å². The molecule has 2 rings (SSSR count). The summed E-state index contributed by atoms with van der Waals surface area (Å²) in [5.74, 6) is 0.686. The van der Waals surface area contributed by atoms with Crippen molar-refractivity contribution in [3.05, 3.63) is 24.3 Å². The molecule has 0 radical (unpaired) electrons. The van der Waals surface area contributed by atoms with Crippen LogP contribution in [0.1, 0.15) is 12.8 Å². The van der Waals surface area contributed by atoms with Crippen LogP contribution in [0.2, 0.25) is 0 Å². The van der Waals surface area contributed by atoms with Gasteiger partial charge in [0.15, 0.2) is 0 Å². The Morgan fingerprint density at radius 1 is 1.19 bits per heavy atom. The first-order chi connectivity index (χ1) is 10.1. The zero-order valence-corrected chi connectivity index (χ0v) is 13.8. The highest BCUT2D eigenvalue weighted by Crippen LogP contribution is 2.19. The maximum absolute atomic E-state index is 11.9. The van der Waals surface area contributed by atoms with Gasteiger partial charge in [0.05, 0.1) is 5.75 Å². The number of thioether (sulfide) groups is 1. The van der Waals surface area contributed by atoms with E-state index in [1.54, 1.807) is 0 Å². The third kappa shape index (κ3) is 6.25. The van der Waals surface area contributed by atoms with Crippen molar-refractivity contribution in [2.24, 2.45) is 0 Å². The predicted octanol–water partition coefficient (Wildman–Crippen LogP) is 1.38. The van der Waals surface area contributed by atoms with Crippen molar-refractivity contribution < 1.29 is 8.42 Å². The Labute approximate surface area is 131 Å². The van der Waals surface area contributed by atoms with Gasteiger partial charge in [-0.1, -0.05) is 0 Å². The SMILES string of the molecule is Nc1ccc(SCCS(=O)(=O)NCCN2CCCC2)cc1. The summed E-state index contributed by atoms with van der Waals surface area (Å²) >= 11 is 1.53. The van der Waals surface area contributed by atoms with E-state index in [0.717, 1.165) is 30.2 Å². The van der Waals surface area contributed by atoms with Gasteiger partial charge in [-0.2, -0.15) is 0 Å². The van der Waals surface area contributed by atoms with Crippen molar-refractivity contribution in [1.82, 2.24) is 9.62 Å². The molecule has 1 heterocycles. The minimum absolute atomic E-state index is 0.141. The van der Waals surface area contributed by atoms with Crippen molar-refractivity contribution in [1.29, 1.82) is 0 Å². The lowest BCUT2D eigenvalue weighted by Crippen LogP contribution is -2.35. The van der Waals surface area contributed by atoms with Crippen molar-refractivity contribution in [3.63, 3.8) is 0 Å². The molecule has 0 aromatic heterocycles. The van der Waals surface area contributed by atoms with Gasteiger partial charge in [0.1, 0.15) is 0 Å². The first kappa shape index (κ1) is 16.6. The number of hydrogen-bond donors (Lipinski definition) is 2. The van der Waals surface area contributed by atoms with Gasteiger partial charge in [-0.25, -0.2) is 13.1 Å². The van der Waals surface area contributed by atoms with Gasteiger partial charge in [-0.15, -0.1) is 11.8 Å². The first-order valence-electron chi connectivity index (χ1n) is 7.23. The molecule has 1 aromatic rings. The van der Waals surface area contributed by atoms with Gasteiger partial charge in [0.25, 0.3) is 0 Å². The predicted molar refractivity (Wildman–Crippen MR) is 89.0 cm³/mol. The van der Waals surface area contributed by atoms with E-state index < -0.39 is 10.0 Å². The third-order valence-electron chi connectivity index (χ3n) is 3.45. The molecular formula is C14H23N3O2S2. The van der Waals surface area contributed by atoms with E-state index in [0.29, 0.717) is 12.3 Å². The molecule has 118 valence electrons. The van der Waals surface area contributed by atoms with Crippen LogP contribution in [-0.2, 0) is 10.0 Å². The highest BCUT2D eigenvalue weighted by molar-refractivity contribution is 8.00. The Morgan fingerprint density at radius 2 is 1.86 bits per heavy atom. The summed E-state index contributed by atoms with van der Waals surface area (Å²) in [7, 11) is -3.17. The van der Waals surface area contributed by atoms with Crippen molar-refractivity contribution >= 4 is 27.5 Å². The highest BCUT2D eigenvalue weighted by atomic mass is 32.2. The van der Waals surface area contributed by atoms with Gasteiger partial charge in [0.2, 0.25) is 10.0 Å². The van der Waals surface area contributed by atoms with E-state index in [1.807, 2.05) is 24.3 Å². The average Bonchev–Trinajstić information content (AvgIpc) is 2.94. The number of sulfonamides is 1. The molecule has 21 heavy (non-hydrogen) atoms. The summed E-state index contributed by atoms with van der Waals surface area (Å²) in [4.78, 5) is 3.34. The van der Waals surface area contributed by atoms with E-state index in [-0.39, 0.29) is 5.75 Å². The quantitative estimate of drug-likeness (QED) is 0.557. The summed E-state index contributed by atoms with van der Waals surface area (Å²) in [6.07, 6.45) is 2.45. The number of benzene rings is 1. The molecular weight excluding hydrogens is 306 g/mol. The summed E-state index contributed by atoms with van der Waals surface area (Å²) in [6, 6.07) is 7.47. The van der Waals surface area contributed by atoms with Crippen LogP contribution >= 0.6 is 11.8 Å². The van der Waals surface area contributed by atoms with Gasteiger partial charge in [-0.05, 0) is 50.2 Å². The van der Waals surface area contributed by atoms with Gasteiger partial charge < -0.3 is 10.6 Å². The summed E-state index contributed by atoms with van der Waals surface area (Å²) in [5, 5.41) is 0. The number of hydrogen-bond acceptors (Lipinski definition) is 5. The van der Waals surface area contributed by atoms with Gasteiger partial charge in [-0.3, -0.25) is 0 Å². The lowest BCUT2D eigenvalue weighted by Gasteiger charge is -2.14. The molecule has 0 unspecified atom stereocenters. The van der Waals surface area contributed by atoms with Crippen molar-refractivity contribution in [3.8, 4) is 0 Å². The smallest absolute Gasteiger partial charge is 0.212 e. The fraction of sp³-hybridized carbons (Fsp3) is 0.571. The fourth-order valence-corrected chi connectivity index (χ4v) is 4.59. The van der Waals surface area contributed by atoms with Crippen LogP contribution in [0.25, 0.3) is 0 Å². The van der Waals surface area contributed by atoms with Gasteiger partial charge in [0, 0.05) is 29.4 Å². The molecule has 0 atom stereocenters. The largest absolute Gasteiger partial charge is 0.399 e. The van der Waals surface area contributed by atoms with Crippen LogP contribution in [0.15, 0.2) is 29.2 Å². The molecule has 1 aliphatic heterocycles. The zero-order valence-electron chi connectivity index (χ0n) is 12.1. The maximum Gasteiger partial charge on any atom is 0.212 e. The standard InChI is InChI=1S/C14H23N3O2S2/c15-13-3-5-14(6-4-13)20-11-12-21(18,19)16-7-10-17-8-1-2-9-17/h3-6,16H,1-2,7-12,15H2. The minimum atomic E-state index is -3.17. The van der Waals surface area contributed by atoms with E-state index in [2.05, 4.69) is 9.62 Å². The summed E-state index contributed by atoms with van der Waals surface area (Å²) in [5.41, 5.74) is 6.33. The van der Waals surface area contributed by atoms with E-state index >= 15 is 0 Å². The van der Waals surface area contributed by atoms with E-state index in [1.165, 1.54) is 24.6 Å². The molecule has 0 spiro atoms. The summed E-state index contributed by atoms with van der Waals surface area (Å²) in [6.45, 7) is 3.50. The van der Waals surface area contributed by atoms with Crippen LogP contribution in [0, 0.1) is 0 Å². The number of nitrogen functional groups attached to an aromatic ring is 1. The molecule has 5 nitrogen and oxygen atoms in total. The average molecular weight is 329 g/mol. The van der Waals surface area contributed by atoms with Crippen LogP contribution in [0.5, 0.6) is 0 Å². The minimum Gasteiger partial charge on any atom is -0.399 e. The molecule has 0 saturated carbocycles. The van der Waals surface area contributed by atoms with Crippen LogP contribution < -0.4 is 10.5 Å². The normalized spacial score (nSPS) is 16.4. The third-order valence-corrected chi connectivity index (χ3v) is 6.11. The zero-order chi connectivity index (χ0) is 15.1. The molecule has 1 aromatic carbocycles. The number of anilines is 1. The lowest BCUT2D eigenvalue weighted by molar-refractivity contribution is 0.344. The second-order valence-electron chi connectivity index (χ2n) is 5.18. The second kappa shape index (κ2) is 8.03. The Hall–Kier alpha value is -0.760. The summed E-state index contributed by atoms with van der Waals surface area (Å²) < 4.78 is 26.4. The molecule has 3 N–H and O–H groups in total. The molecule has 7 heteroatoms. The number of nitrogens with one attached hydrogen (secondary N) is 1. The molecule has 1 saturated heterocycles. The van der Waals surface area contributed by atoms with Crippen LogP contribution in [0.3, 0.4) is 0 Å². The molecule has 0 aliphatic carbocycles. The van der Waals surface area contributed by atoms with E-state index in [4.69, 9.17) is 5.73 Å². The highest BCUT2D eigenvalue weighted by Gasteiger charge is 2.13. The van der Waals surface area contributed by atoms with Crippen molar-refractivity contribution in [2.75, 3.05) is 43.4 Å². The van der Waals surface area contributed by atoms with Gasteiger partial charge >= 0.3 is 0 Å². The molecule has 0 amide bonds. The first-order valence-corrected chi connectivity index (χ1v) is 9.87. The Bertz CT molecular complexity index is 526. The monoisotopic (exact) mass is 329 g/mol. The second-order valence-corrected chi connectivity index (χ2v) is 8.27. The van der Waals surface area contributed by atoms with E-state index in [9.17, 15) is 8.42 Å².